The van der Waals surface area contributed by atoms with Crippen molar-refractivity contribution in [2.45, 2.75) is 44.7 Å². The third kappa shape index (κ3) is 4.88. The molecule has 0 bridgehead atoms. The number of benzene rings is 2. The van der Waals surface area contributed by atoms with Gasteiger partial charge < -0.3 is 10.1 Å². The molecule has 1 amide bonds. The molecular weight excluding hydrogens is 424 g/mol. The zero-order valence-corrected chi connectivity index (χ0v) is 18.7. The maximum Gasteiger partial charge on any atom is 0.272 e. The summed E-state index contributed by atoms with van der Waals surface area (Å²) in [7, 11) is 0. The average molecular weight is 451 g/mol. The van der Waals surface area contributed by atoms with Crippen LogP contribution in [0, 0.1) is 0 Å². The fourth-order valence-corrected chi connectivity index (χ4v) is 4.58. The van der Waals surface area contributed by atoms with E-state index in [1.54, 1.807) is 0 Å². The number of piperidine rings is 1. The zero-order chi connectivity index (χ0) is 21.9. The predicted molar refractivity (Wildman–Crippen MR) is 123 cm³/mol. The van der Waals surface area contributed by atoms with E-state index in [0.717, 1.165) is 43.7 Å². The van der Waals surface area contributed by atoms with E-state index in [9.17, 15) is 4.79 Å². The number of rotatable bonds is 5. The molecule has 1 fully saturated rings. The first-order valence-electron chi connectivity index (χ1n) is 11.1. The van der Waals surface area contributed by atoms with E-state index in [-0.39, 0.29) is 18.1 Å². The van der Waals surface area contributed by atoms with Crippen molar-refractivity contribution in [1.29, 1.82) is 0 Å². The summed E-state index contributed by atoms with van der Waals surface area (Å²) in [6, 6.07) is 20.2. The first-order chi connectivity index (χ1) is 15.6. The van der Waals surface area contributed by atoms with Crippen LogP contribution >= 0.6 is 11.6 Å². The Bertz CT molecular complexity index is 1060. The molecule has 0 aliphatic carbocycles. The number of halogens is 1. The van der Waals surface area contributed by atoms with Crippen LogP contribution in [0.4, 0.5) is 0 Å². The highest BCUT2D eigenvalue weighted by atomic mass is 35.5. The second kappa shape index (κ2) is 9.45. The maximum atomic E-state index is 12.8. The second-order valence-electron chi connectivity index (χ2n) is 8.56. The van der Waals surface area contributed by atoms with Crippen LogP contribution in [0.5, 0.6) is 0 Å². The molecule has 1 N–H and O–H groups in total. The van der Waals surface area contributed by atoms with Crippen molar-refractivity contribution in [2.24, 2.45) is 0 Å². The number of ether oxygens (including phenoxy) is 1. The highest BCUT2D eigenvalue weighted by Gasteiger charge is 2.26. The topological polar surface area (TPSA) is 59.4 Å². The van der Waals surface area contributed by atoms with E-state index in [1.165, 1.54) is 5.56 Å². The molecule has 32 heavy (non-hydrogen) atoms. The van der Waals surface area contributed by atoms with Crippen LogP contribution in [-0.2, 0) is 24.4 Å². The number of fused-ring (bicyclic) bond motifs is 1. The molecule has 2 aliphatic heterocycles. The van der Waals surface area contributed by atoms with Crippen LogP contribution in [0.3, 0.4) is 0 Å². The number of carbonyl (C=O) groups is 1. The van der Waals surface area contributed by atoms with Crippen molar-refractivity contribution in [1.82, 2.24) is 20.0 Å². The molecule has 5 rings (SSSR count). The van der Waals surface area contributed by atoms with Gasteiger partial charge in [-0.2, -0.15) is 5.10 Å². The number of amides is 1. The largest absolute Gasteiger partial charge is 0.365 e. The van der Waals surface area contributed by atoms with Gasteiger partial charge in [-0.3, -0.25) is 14.4 Å². The quantitative estimate of drug-likeness (QED) is 0.632. The Morgan fingerprint density at radius 1 is 1.09 bits per heavy atom. The molecule has 166 valence electrons. The molecule has 1 aromatic heterocycles. The van der Waals surface area contributed by atoms with Crippen molar-refractivity contribution in [3.8, 4) is 0 Å². The molecule has 3 heterocycles. The van der Waals surface area contributed by atoms with E-state index in [1.807, 2.05) is 41.1 Å². The lowest BCUT2D eigenvalue weighted by molar-refractivity contribution is -0.00119. The van der Waals surface area contributed by atoms with Gasteiger partial charge >= 0.3 is 0 Å². The number of nitrogens with one attached hydrogen (secondary N) is 1. The van der Waals surface area contributed by atoms with E-state index < -0.39 is 0 Å². The minimum Gasteiger partial charge on any atom is -0.365 e. The van der Waals surface area contributed by atoms with Gasteiger partial charge in [0.1, 0.15) is 6.10 Å². The fraction of sp³-hybridized carbons (Fsp3) is 0.360. The number of hydrogen-bond acceptors (Lipinski definition) is 4. The minimum absolute atomic E-state index is 0.0930. The summed E-state index contributed by atoms with van der Waals surface area (Å²) in [5.74, 6) is -0.101. The van der Waals surface area contributed by atoms with E-state index in [0.29, 0.717) is 23.9 Å². The van der Waals surface area contributed by atoms with Gasteiger partial charge in [0, 0.05) is 30.7 Å². The Labute approximate surface area is 193 Å². The van der Waals surface area contributed by atoms with Gasteiger partial charge in [0.05, 0.1) is 18.8 Å². The van der Waals surface area contributed by atoms with E-state index in [4.69, 9.17) is 16.3 Å². The Morgan fingerprint density at radius 2 is 1.84 bits per heavy atom. The van der Waals surface area contributed by atoms with E-state index in [2.05, 4.69) is 39.6 Å². The molecule has 7 heteroatoms. The number of likely N-dealkylation sites (tertiary alicyclic amines) is 1. The van der Waals surface area contributed by atoms with Crippen molar-refractivity contribution in [2.75, 3.05) is 13.1 Å². The van der Waals surface area contributed by atoms with Crippen LogP contribution < -0.4 is 5.32 Å². The third-order valence-corrected chi connectivity index (χ3v) is 6.53. The van der Waals surface area contributed by atoms with Crippen molar-refractivity contribution in [3.05, 3.63) is 88.2 Å². The lowest BCUT2D eigenvalue weighted by Gasteiger charge is -2.32. The van der Waals surface area contributed by atoms with Gasteiger partial charge in [-0.25, -0.2) is 0 Å². The molecule has 0 radical (unpaired) electrons. The molecule has 0 spiro atoms. The SMILES string of the molecule is O=C(NC1CCN(Cc2ccccc2)CC1)c1cc2n(n1)CC(c1ccc(Cl)cc1)OC2. The first-order valence-corrected chi connectivity index (χ1v) is 11.5. The van der Waals surface area contributed by atoms with E-state index >= 15 is 0 Å². The third-order valence-electron chi connectivity index (χ3n) is 6.28. The van der Waals surface area contributed by atoms with Crippen molar-refractivity contribution >= 4 is 17.5 Å². The molecule has 1 atom stereocenters. The maximum absolute atomic E-state index is 12.8. The molecule has 3 aromatic rings. The van der Waals surface area contributed by atoms with Crippen LogP contribution in [0.15, 0.2) is 60.7 Å². The van der Waals surface area contributed by atoms with Gasteiger partial charge in [0.25, 0.3) is 5.91 Å². The Kier molecular flexibility index (Phi) is 6.26. The fourth-order valence-electron chi connectivity index (χ4n) is 4.45. The zero-order valence-electron chi connectivity index (χ0n) is 17.9. The first kappa shape index (κ1) is 21.2. The van der Waals surface area contributed by atoms with Gasteiger partial charge in [-0.1, -0.05) is 54.1 Å². The summed E-state index contributed by atoms with van der Waals surface area (Å²) in [5.41, 5.74) is 3.78. The molecular formula is C25H27ClN4O2. The summed E-state index contributed by atoms with van der Waals surface area (Å²) in [6.07, 6.45) is 1.81. The van der Waals surface area contributed by atoms with Crippen LogP contribution in [0.25, 0.3) is 0 Å². The monoisotopic (exact) mass is 450 g/mol. The number of nitrogens with zero attached hydrogens (tertiary/aromatic N) is 3. The lowest BCUT2D eigenvalue weighted by atomic mass is 10.0. The molecule has 6 nitrogen and oxygen atoms in total. The lowest BCUT2D eigenvalue weighted by Crippen LogP contribution is -2.44. The van der Waals surface area contributed by atoms with Crippen LogP contribution in [0.2, 0.25) is 5.02 Å². The van der Waals surface area contributed by atoms with Gasteiger partial charge in [0.15, 0.2) is 5.69 Å². The highest BCUT2D eigenvalue weighted by Crippen LogP contribution is 2.27. The van der Waals surface area contributed by atoms with Crippen molar-refractivity contribution < 1.29 is 9.53 Å². The Hall–Kier alpha value is -2.67. The smallest absolute Gasteiger partial charge is 0.272 e. The Morgan fingerprint density at radius 3 is 2.59 bits per heavy atom. The summed E-state index contributed by atoms with van der Waals surface area (Å²) in [4.78, 5) is 15.3. The summed E-state index contributed by atoms with van der Waals surface area (Å²) >= 11 is 5.99. The molecule has 1 saturated heterocycles. The predicted octanol–water partition coefficient (Wildman–Crippen LogP) is 4.20. The normalized spacial score (nSPS) is 19.5. The second-order valence-corrected chi connectivity index (χ2v) is 9.00. The van der Waals surface area contributed by atoms with Crippen molar-refractivity contribution in [3.63, 3.8) is 0 Å². The standard InChI is InChI=1S/C25H27ClN4O2/c26-20-8-6-19(7-9-20)24-16-30-22(17-32-24)14-23(28-30)25(31)27-21-10-12-29(13-11-21)15-18-4-2-1-3-5-18/h1-9,14,21,24H,10-13,15-17H2,(H,27,31). The molecule has 0 saturated carbocycles. The number of aromatic nitrogens is 2. The molecule has 1 unspecified atom stereocenters. The van der Waals surface area contributed by atoms with Gasteiger partial charge in [-0.15, -0.1) is 0 Å². The van der Waals surface area contributed by atoms with Crippen LogP contribution in [-0.4, -0.2) is 39.7 Å². The molecule has 2 aromatic carbocycles. The number of hydrogen-bond donors (Lipinski definition) is 1. The summed E-state index contributed by atoms with van der Waals surface area (Å²) in [6.45, 7) is 3.95. The highest BCUT2D eigenvalue weighted by molar-refractivity contribution is 6.30. The number of carbonyl (C=O) groups excluding carboxylic acids is 1. The molecule has 2 aliphatic rings. The van der Waals surface area contributed by atoms with Gasteiger partial charge in [-0.05, 0) is 42.2 Å². The van der Waals surface area contributed by atoms with Crippen LogP contribution in [0.1, 0.15) is 46.3 Å². The summed E-state index contributed by atoms with van der Waals surface area (Å²) < 4.78 is 7.88. The van der Waals surface area contributed by atoms with Gasteiger partial charge in [0.2, 0.25) is 0 Å². The Balaban J connectivity index is 1.15. The average Bonchev–Trinajstić information content (AvgIpc) is 3.25. The summed E-state index contributed by atoms with van der Waals surface area (Å²) in [5, 5.41) is 8.45. The minimum atomic E-state index is -0.101.